The van der Waals surface area contributed by atoms with Crippen molar-refractivity contribution in [2.45, 2.75) is 12.8 Å². The molecule has 2 fully saturated rings. The molecule has 1 spiro atoms. The minimum Gasteiger partial charge on any atom is -0.317 e. The van der Waals surface area contributed by atoms with E-state index in [1.165, 1.54) is 0 Å². The maximum atomic E-state index is 11.2. The summed E-state index contributed by atoms with van der Waals surface area (Å²) in [6.45, 7) is 2.10. The van der Waals surface area contributed by atoms with Gasteiger partial charge in [-0.2, -0.15) is 0 Å². The second-order valence-corrected chi connectivity index (χ2v) is 6.05. The quantitative estimate of drug-likeness (QED) is 0.559. The van der Waals surface area contributed by atoms with Gasteiger partial charge in [-0.15, -0.1) is 0 Å². The van der Waals surface area contributed by atoms with Crippen molar-refractivity contribution in [1.82, 2.24) is 5.32 Å². The molecule has 4 heteroatoms. The predicted octanol–water partition coefficient (Wildman–Crippen LogP) is 0.417. The molecule has 0 bridgehead atoms. The third-order valence-corrected chi connectivity index (χ3v) is 4.90. The second kappa shape index (κ2) is 2.20. The first-order valence-corrected chi connectivity index (χ1v) is 5.97. The van der Waals surface area contributed by atoms with E-state index in [-0.39, 0.29) is 0 Å². The summed E-state index contributed by atoms with van der Waals surface area (Å²) >= 11 is 0. The highest BCUT2D eigenvalue weighted by atomic mass is 32.2. The van der Waals surface area contributed by atoms with Gasteiger partial charge in [0.25, 0.3) is 0 Å². The summed E-state index contributed by atoms with van der Waals surface area (Å²) in [4.78, 5) is 0. The zero-order valence-electron chi connectivity index (χ0n) is 6.56. The Balaban J connectivity index is 2.05. The van der Waals surface area contributed by atoms with Crippen molar-refractivity contribution in [3.63, 3.8) is 0 Å². The Hall–Kier alpha value is -0.0900. The van der Waals surface area contributed by atoms with E-state index in [1.807, 2.05) is 0 Å². The maximum absolute atomic E-state index is 11.2. The average molecular weight is 174 g/mol. The van der Waals surface area contributed by atoms with Gasteiger partial charge in [-0.3, -0.25) is 4.78 Å². The number of piperidine rings is 1. The predicted molar refractivity (Wildman–Crippen MR) is 45.1 cm³/mol. The Bertz CT molecular complexity index is 238. The van der Waals surface area contributed by atoms with E-state index in [9.17, 15) is 4.21 Å². The number of hydrogen-bond donors (Lipinski definition) is 2. The molecule has 3 nitrogen and oxygen atoms in total. The van der Waals surface area contributed by atoms with Crippen molar-refractivity contribution < 1.29 is 4.21 Å². The Morgan fingerprint density at radius 3 is 2.27 bits per heavy atom. The molecule has 2 rings (SSSR count). The molecule has 0 saturated carbocycles. The Morgan fingerprint density at radius 1 is 1.27 bits per heavy atom. The van der Waals surface area contributed by atoms with Gasteiger partial charge in [-0.05, 0) is 31.3 Å². The molecule has 2 N–H and O–H groups in total. The average Bonchev–Trinajstić information content (AvgIpc) is 1.85. The lowest BCUT2D eigenvalue weighted by molar-refractivity contribution is 0.246. The molecule has 64 valence electrons. The van der Waals surface area contributed by atoms with Gasteiger partial charge < -0.3 is 5.32 Å². The standard InChI is InChI=1S/C7H14N2OS/c8-11(10)5-7(6-11)1-3-9-4-2-7/h8-9H,1-6H2. The van der Waals surface area contributed by atoms with Crippen LogP contribution in [0.2, 0.25) is 0 Å². The van der Waals surface area contributed by atoms with Crippen LogP contribution in [-0.4, -0.2) is 28.8 Å². The van der Waals surface area contributed by atoms with E-state index in [0.29, 0.717) is 16.9 Å². The lowest BCUT2D eigenvalue weighted by Gasteiger charge is -2.45. The van der Waals surface area contributed by atoms with E-state index >= 15 is 0 Å². The molecule has 0 aromatic rings. The van der Waals surface area contributed by atoms with Gasteiger partial charge in [0.15, 0.2) is 0 Å². The first-order chi connectivity index (χ1) is 5.12. The monoisotopic (exact) mass is 174 g/mol. The molecule has 11 heavy (non-hydrogen) atoms. The summed E-state index contributed by atoms with van der Waals surface area (Å²) < 4.78 is 18.5. The van der Waals surface area contributed by atoms with Gasteiger partial charge in [0.1, 0.15) is 0 Å². The summed E-state index contributed by atoms with van der Waals surface area (Å²) in [6.07, 6.45) is 2.26. The van der Waals surface area contributed by atoms with Gasteiger partial charge >= 0.3 is 0 Å². The van der Waals surface area contributed by atoms with Gasteiger partial charge in [0.2, 0.25) is 0 Å². The highest BCUT2D eigenvalue weighted by Gasteiger charge is 2.45. The SMILES string of the molecule is N=S1(=O)CC2(CCNCC2)C1. The number of nitrogens with one attached hydrogen (secondary N) is 2. The fourth-order valence-electron chi connectivity index (χ4n) is 2.19. The van der Waals surface area contributed by atoms with Crippen LogP contribution in [0.1, 0.15) is 12.8 Å². The minimum atomic E-state index is -2.12. The summed E-state index contributed by atoms with van der Waals surface area (Å²) in [7, 11) is -2.12. The Kier molecular flexibility index (Phi) is 1.51. The van der Waals surface area contributed by atoms with E-state index in [0.717, 1.165) is 25.9 Å². The molecule has 2 heterocycles. The minimum absolute atomic E-state index is 0.310. The maximum Gasteiger partial charge on any atom is 0.0453 e. The van der Waals surface area contributed by atoms with E-state index < -0.39 is 9.73 Å². The molecule has 2 aliphatic rings. The van der Waals surface area contributed by atoms with E-state index in [4.69, 9.17) is 4.78 Å². The Morgan fingerprint density at radius 2 is 1.82 bits per heavy atom. The van der Waals surface area contributed by atoms with Gasteiger partial charge in [-0.1, -0.05) is 0 Å². The van der Waals surface area contributed by atoms with E-state index in [1.54, 1.807) is 0 Å². The molecule has 2 saturated heterocycles. The van der Waals surface area contributed by atoms with Crippen LogP contribution >= 0.6 is 0 Å². The summed E-state index contributed by atoms with van der Waals surface area (Å²) in [5, 5.41) is 3.28. The van der Waals surface area contributed by atoms with E-state index in [2.05, 4.69) is 5.32 Å². The largest absolute Gasteiger partial charge is 0.317 e. The number of hydrogen-bond acceptors (Lipinski definition) is 3. The first kappa shape index (κ1) is 7.55. The molecule has 0 aliphatic carbocycles. The lowest BCUT2D eigenvalue weighted by atomic mass is 9.82. The van der Waals surface area contributed by atoms with Crippen LogP contribution in [0.5, 0.6) is 0 Å². The Labute approximate surface area is 67.5 Å². The van der Waals surface area contributed by atoms with Crippen molar-refractivity contribution in [1.29, 1.82) is 4.78 Å². The fourth-order valence-corrected chi connectivity index (χ4v) is 4.66. The van der Waals surface area contributed by atoms with Crippen LogP contribution < -0.4 is 5.32 Å². The first-order valence-electron chi connectivity index (χ1n) is 4.07. The van der Waals surface area contributed by atoms with Gasteiger partial charge in [0, 0.05) is 21.2 Å². The van der Waals surface area contributed by atoms with Crippen LogP contribution in [0.4, 0.5) is 0 Å². The smallest absolute Gasteiger partial charge is 0.0453 e. The second-order valence-electron chi connectivity index (χ2n) is 3.85. The molecule has 2 aliphatic heterocycles. The zero-order valence-corrected chi connectivity index (χ0v) is 7.38. The molecule has 0 radical (unpaired) electrons. The van der Waals surface area contributed by atoms with Crippen molar-refractivity contribution in [3.8, 4) is 0 Å². The highest BCUT2D eigenvalue weighted by molar-refractivity contribution is 7.93. The van der Waals surface area contributed by atoms with Crippen LogP contribution in [0.25, 0.3) is 0 Å². The summed E-state index contributed by atoms with van der Waals surface area (Å²) in [5.41, 5.74) is 0.310. The van der Waals surface area contributed by atoms with Crippen molar-refractivity contribution >= 4 is 9.73 Å². The molecular weight excluding hydrogens is 160 g/mol. The van der Waals surface area contributed by atoms with Crippen LogP contribution in [-0.2, 0) is 9.73 Å². The molecule has 0 amide bonds. The summed E-state index contributed by atoms with van der Waals surface area (Å²) in [5.74, 6) is 1.34. The molecular formula is C7H14N2OS. The topological polar surface area (TPSA) is 53.0 Å². The molecule has 0 aromatic carbocycles. The fraction of sp³-hybridized carbons (Fsp3) is 1.00. The normalized spacial score (nSPS) is 33.1. The van der Waals surface area contributed by atoms with Crippen molar-refractivity contribution in [2.24, 2.45) is 5.41 Å². The number of rotatable bonds is 0. The third kappa shape index (κ3) is 1.29. The third-order valence-electron chi connectivity index (χ3n) is 2.74. The van der Waals surface area contributed by atoms with Gasteiger partial charge in [0.05, 0.1) is 0 Å². The molecule has 0 unspecified atom stereocenters. The van der Waals surface area contributed by atoms with Crippen LogP contribution in [0, 0.1) is 10.2 Å². The lowest BCUT2D eigenvalue weighted by Crippen LogP contribution is -2.53. The van der Waals surface area contributed by atoms with Crippen LogP contribution in [0.3, 0.4) is 0 Å². The molecule has 0 aromatic heterocycles. The highest BCUT2D eigenvalue weighted by Crippen LogP contribution is 2.40. The van der Waals surface area contributed by atoms with Crippen molar-refractivity contribution in [3.05, 3.63) is 0 Å². The molecule has 0 atom stereocenters. The van der Waals surface area contributed by atoms with Crippen LogP contribution in [0.15, 0.2) is 0 Å². The summed E-state index contributed by atoms with van der Waals surface area (Å²) in [6, 6.07) is 0. The zero-order chi connectivity index (χ0) is 7.95. The van der Waals surface area contributed by atoms with Gasteiger partial charge in [-0.25, -0.2) is 4.21 Å². The van der Waals surface area contributed by atoms with Crippen molar-refractivity contribution in [2.75, 3.05) is 24.6 Å².